The van der Waals surface area contributed by atoms with E-state index in [9.17, 15) is 0 Å². The third-order valence-corrected chi connectivity index (χ3v) is 4.15. The van der Waals surface area contributed by atoms with Crippen LogP contribution >= 0.6 is 0 Å². The lowest BCUT2D eigenvalue weighted by molar-refractivity contribution is 1.03. The van der Waals surface area contributed by atoms with E-state index in [1.165, 1.54) is 0 Å². The Morgan fingerprint density at radius 1 is 0.750 bits per heavy atom. The predicted octanol–water partition coefficient (Wildman–Crippen LogP) is 4.16. The number of aromatic nitrogens is 5. The standard InChI is InChI=1S/C22H18N6/c1-16(12-17-5-7-21(24-13-17)19-9-11-26-27-15-19)28-22-8-6-18(14-25-22)20-4-2-3-10-23-20/h2-11,13-15H,1,12H2,(H,25,28). The number of nitrogens with zero attached hydrogens (tertiary/aromatic N) is 5. The van der Waals surface area contributed by atoms with Gasteiger partial charge in [-0.1, -0.05) is 18.7 Å². The van der Waals surface area contributed by atoms with E-state index in [1.807, 2.05) is 54.7 Å². The summed E-state index contributed by atoms with van der Waals surface area (Å²) in [5.41, 5.74) is 5.59. The van der Waals surface area contributed by atoms with Gasteiger partial charge in [0.15, 0.2) is 0 Å². The highest BCUT2D eigenvalue weighted by molar-refractivity contribution is 5.60. The highest BCUT2D eigenvalue weighted by atomic mass is 15.1. The summed E-state index contributed by atoms with van der Waals surface area (Å²) >= 11 is 0. The van der Waals surface area contributed by atoms with E-state index >= 15 is 0 Å². The number of anilines is 1. The van der Waals surface area contributed by atoms with Crippen LogP contribution < -0.4 is 5.32 Å². The lowest BCUT2D eigenvalue weighted by Crippen LogP contribution is -2.03. The minimum Gasteiger partial charge on any atom is -0.344 e. The maximum atomic E-state index is 4.49. The molecule has 4 rings (SSSR count). The monoisotopic (exact) mass is 366 g/mol. The van der Waals surface area contributed by atoms with Gasteiger partial charge in [-0.25, -0.2) is 4.98 Å². The first kappa shape index (κ1) is 17.5. The van der Waals surface area contributed by atoms with Gasteiger partial charge < -0.3 is 5.32 Å². The molecule has 0 saturated carbocycles. The Hall–Kier alpha value is -3.93. The molecule has 4 aromatic heterocycles. The number of allylic oxidation sites excluding steroid dienone is 1. The van der Waals surface area contributed by atoms with E-state index in [0.29, 0.717) is 6.42 Å². The molecule has 4 aromatic rings. The van der Waals surface area contributed by atoms with Crippen LogP contribution in [0.3, 0.4) is 0 Å². The third kappa shape index (κ3) is 4.24. The molecule has 0 aromatic carbocycles. The van der Waals surface area contributed by atoms with Gasteiger partial charge in [0.05, 0.1) is 23.8 Å². The van der Waals surface area contributed by atoms with Crippen molar-refractivity contribution in [2.24, 2.45) is 0 Å². The molecule has 4 heterocycles. The number of hydrogen-bond donors (Lipinski definition) is 1. The molecule has 0 aliphatic carbocycles. The van der Waals surface area contributed by atoms with Gasteiger partial charge in [0, 0.05) is 41.8 Å². The topological polar surface area (TPSA) is 76.5 Å². The van der Waals surface area contributed by atoms with E-state index in [0.717, 1.165) is 39.6 Å². The van der Waals surface area contributed by atoms with Crippen LogP contribution in [0.4, 0.5) is 5.82 Å². The Kier molecular flexibility index (Phi) is 5.11. The lowest BCUT2D eigenvalue weighted by Gasteiger charge is -2.10. The van der Waals surface area contributed by atoms with Gasteiger partial charge in [-0.3, -0.25) is 9.97 Å². The zero-order valence-electron chi connectivity index (χ0n) is 15.2. The molecule has 0 saturated heterocycles. The molecule has 6 heteroatoms. The zero-order valence-corrected chi connectivity index (χ0v) is 15.2. The van der Waals surface area contributed by atoms with Crippen molar-refractivity contribution in [3.8, 4) is 22.5 Å². The Bertz CT molecular complexity index is 959. The van der Waals surface area contributed by atoms with Crippen LogP contribution in [0.15, 0.2) is 91.8 Å². The van der Waals surface area contributed by atoms with Gasteiger partial charge in [0.1, 0.15) is 5.82 Å². The van der Waals surface area contributed by atoms with Crippen molar-refractivity contribution in [3.05, 3.63) is 97.4 Å². The Morgan fingerprint density at radius 2 is 1.64 bits per heavy atom. The lowest BCUT2D eigenvalue weighted by atomic mass is 10.1. The smallest absolute Gasteiger partial charge is 0.130 e. The largest absolute Gasteiger partial charge is 0.344 e. The Labute approximate surface area is 163 Å². The van der Waals surface area contributed by atoms with E-state index in [-0.39, 0.29) is 0 Å². The molecule has 0 unspecified atom stereocenters. The van der Waals surface area contributed by atoms with Gasteiger partial charge >= 0.3 is 0 Å². The maximum absolute atomic E-state index is 4.49. The summed E-state index contributed by atoms with van der Waals surface area (Å²) in [4.78, 5) is 13.3. The van der Waals surface area contributed by atoms with Gasteiger partial charge in [-0.05, 0) is 42.0 Å². The first-order chi connectivity index (χ1) is 13.8. The summed E-state index contributed by atoms with van der Waals surface area (Å²) in [7, 11) is 0. The van der Waals surface area contributed by atoms with E-state index < -0.39 is 0 Å². The maximum Gasteiger partial charge on any atom is 0.130 e. The molecule has 0 atom stereocenters. The molecule has 28 heavy (non-hydrogen) atoms. The van der Waals surface area contributed by atoms with Gasteiger partial charge in [0.2, 0.25) is 0 Å². The van der Waals surface area contributed by atoms with E-state index in [4.69, 9.17) is 0 Å². The van der Waals surface area contributed by atoms with Crippen molar-refractivity contribution in [3.63, 3.8) is 0 Å². The van der Waals surface area contributed by atoms with Gasteiger partial charge in [-0.2, -0.15) is 10.2 Å². The van der Waals surface area contributed by atoms with Crippen LogP contribution in [0.5, 0.6) is 0 Å². The molecule has 0 radical (unpaired) electrons. The molecule has 0 aliphatic rings. The van der Waals surface area contributed by atoms with E-state index in [1.54, 1.807) is 24.8 Å². The first-order valence-corrected chi connectivity index (χ1v) is 8.82. The summed E-state index contributed by atoms with van der Waals surface area (Å²) < 4.78 is 0. The molecule has 0 aliphatic heterocycles. The first-order valence-electron chi connectivity index (χ1n) is 8.82. The van der Waals surface area contributed by atoms with Crippen LogP contribution in [0.1, 0.15) is 5.56 Å². The number of nitrogens with one attached hydrogen (secondary N) is 1. The minimum atomic E-state index is 0.658. The molecule has 0 spiro atoms. The molecule has 0 fully saturated rings. The molecular weight excluding hydrogens is 348 g/mol. The average Bonchev–Trinajstić information content (AvgIpc) is 2.76. The summed E-state index contributed by atoms with van der Waals surface area (Å²) in [6.07, 6.45) is 9.43. The minimum absolute atomic E-state index is 0.658. The molecule has 0 amide bonds. The van der Waals surface area contributed by atoms with Crippen molar-refractivity contribution < 1.29 is 0 Å². The van der Waals surface area contributed by atoms with Crippen LogP contribution in [-0.2, 0) is 6.42 Å². The molecule has 136 valence electrons. The van der Waals surface area contributed by atoms with Crippen molar-refractivity contribution in [1.82, 2.24) is 25.1 Å². The average molecular weight is 366 g/mol. The van der Waals surface area contributed by atoms with Crippen LogP contribution in [0, 0.1) is 0 Å². The highest BCUT2D eigenvalue weighted by Gasteiger charge is 2.04. The second kappa shape index (κ2) is 8.18. The SMILES string of the molecule is C=C(Cc1ccc(-c2ccnnc2)nc1)Nc1ccc(-c2ccccn2)cn1. The molecular formula is C22H18N6. The summed E-state index contributed by atoms with van der Waals surface area (Å²) in [6.45, 7) is 4.10. The third-order valence-electron chi connectivity index (χ3n) is 4.15. The molecule has 1 N–H and O–H groups in total. The van der Waals surface area contributed by atoms with Crippen LogP contribution in [0.25, 0.3) is 22.5 Å². The highest BCUT2D eigenvalue weighted by Crippen LogP contribution is 2.19. The quantitative estimate of drug-likeness (QED) is 0.552. The summed E-state index contributed by atoms with van der Waals surface area (Å²) in [6, 6.07) is 15.6. The number of rotatable bonds is 6. The number of pyridine rings is 3. The second-order valence-electron chi connectivity index (χ2n) is 6.24. The second-order valence-corrected chi connectivity index (χ2v) is 6.24. The van der Waals surface area contributed by atoms with Crippen molar-refractivity contribution in [2.75, 3.05) is 5.32 Å². The Balaban J connectivity index is 1.38. The van der Waals surface area contributed by atoms with Gasteiger partial charge in [0.25, 0.3) is 0 Å². The fourth-order valence-corrected chi connectivity index (χ4v) is 2.77. The molecule has 6 nitrogen and oxygen atoms in total. The fraction of sp³-hybridized carbons (Fsp3) is 0.0455. The van der Waals surface area contributed by atoms with E-state index in [2.05, 4.69) is 37.0 Å². The predicted molar refractivity (Wildman–Crippen MR) is 109 cm³/mol. The normalized spacial score (nSPS) is 10.4. The molecule has 0 bridgehead atoms. The zero-order chi connectivity index (χ0) is 19.2. The van der Waals surface area contributed by atoms with Crippen molar-refractivity contribution in [1.29, 1.82) is 0 Å². The van der Waals surface area contributed by atoms with Crippen LogP contribution in [-0.4, -0.2) is 25.1 Å². The summed E-state index contributed by atoms with van der Waals surface area (Å²) in [5.74, 6) is 0.747. The van der Waals surface area contributed by atoms with Crippen molar-refractivity contribution in [2.45, 2.75) is 6.42 Å². The van der Waals surface area contributed by atoms with Crippen LogP contribution in [0.2, 0.25) is 0 Å². The summed E-state index contributed by atoms with van der Waals surface area (Å²) in [5, 5.41) is 10.9. The number of hydrogen-bond acceptors (Lipinski definition) is 6. The van der Waals surface area contributed by atoms with Crippen molar-refractivity contribution >= 4 is 5.82 Å². The fourth-order valence-electron chi connectivity index (χ4n) is 2.77. The van der Waals surface area contributed by atoms with Gasteiger partial charge in [-0.15, -0.1) is 0 Å². The Morgan fingerprint density at radius 3 is 2.32 bits per heavy atom.